The first-order valence-corrected chi connectivity index (χ1v) is 9.33. The summed E-state index contributed by atoms with van der Waals surface area (Å²) in [6.45, 7) is 4.72. The second-order valence-corrected chi connectivity index (χ2v) is 8.99. The van der Waals surface area contributed by atoms with E-state index < -0.39 is 0 Å². The van der Waals surface area contributed by atoms with Crippen LogP contribution in [0.4, 0.5) is 0 Å². The van der Waals surface area contributed by atoms with Crippen LogP contribution < -0.4 is 0 Å². The van der Waals surface area contributed by atoms with E-state index in [9.17, 15) is 9.90 Å². The molecule has 0 bridgehead atoms. The van der Waals surface area contributed by atoms with Crippen LogP contribution in [0.25, 0.3) is 0 Å². The van der Waals surface area contributed by atoms with Gasteiger partial charge in [-0.05, 0) is 61.7 Å². The molecule has 4 aliphatic rings. The fourth-order valence-electron chi connectivity index (χ4n) is 6.79. The van der Waals surface area contributed by atoms with Gasteiger partial charge in [0.05, 0.1) is 6.10 Å². The number of hydrogen-bond acceptors (Lipinski definition) is 3. The van der Waals surface area contributed by atoms with Gasteiger partial charge in [0.2, 0.25) is 0 Å². The zero-order chi connectivity index (χ0) is 16.4. The Morgan fingerprint density at radius 1 is 1.17 bits per heavy atom. The van der Waals surface area contributed by atoms with Crippen molar-refractivity contribution in [3.63, 3.8) is 0 Å². The van der Waals surface area contributed by atoms with Crippen molar-refractivity contribution in [3.8, 4) is 0 Å². The maximum atomic E-state index is 12.5. The van der Waals surface area contributed by atoms with Crippen LogP contribution in [0, 0.1) is 28.6 Å². The van der Waals surface area contributed by atoms with E-state index >= 15 is 0 Å². The van der Waals surface area contributed by atoms with Crippen LogP contribution in [0.3, 0.4) is 0 Å². The molecule has 0 heterocycles. The smallest absolute Gasteiger partial charge is 0.162 e. The highest BCUT2D eigenvalue weighted by Gasteiger charge is 2.61. The quantitative estimate of drug-likeness (QED) is 0.753. The standard InChI is InChI=1S/C20H30O3/c1-19-8-6-13(21)10-12(19)4-5-14-15(19)7-9-20(2)16(14)11-17(22)18(20)23-3/h4,13-16,18,21H,5-11H2,1-3H3. The van der Waals surface area contributed by atoms with E-state index in [0.717, 1.165) is 32.1 Å². The van der Waals surface area contributed by atoms with Crippen LogP contribution in [-0.2, 0) is 9.53 Å². The SMILES string of the molecule is COC1C(=O)CC2C3CC=C4CC(O)CCC4(C)C3CCC12C. The number of aliphatic hydroxyl groups is 1. The van der Waals surface area contributed by atoms with Crippen molar-refractivity contribution in [3.05, 3.63) is 11.6 Å². The molecule has 7 unspecified atom stereocenters. The van der Waals surface area contributed by atoms with Gasteiger partial charge in [-0.25, -0.2) is 0 Å². The molecule has 3 saturated carbocycles. The van der Waals surface area contributed by atoms with Gasteiger partial charge < -0.3 is 9.84 Å². The van der Waals surface area contributed by atoms with Crippen LogP contribution >= 0.6 is 0 Å². The molecule has 23 heavy (non-hydrogen) atoms. The number of rotatable bonds is 1. The summed E-state index contributed by atoms with van der Waals surface area (Å²) in [7, 11) is 1.70. The molecule has 4 rings (SSSR count). The Labute approximate surface area is 139 Å². The first-order chi connectivity index (χ1) is 10.9. The number of carbonyl (C=O) groups is 1. The number of ketones is 1. The zero-order valence-corrected chi connectivity index (χ0v) is 14.7. The van der Waals surface area contributed by atoms with Crippen molar-refractivity contribution >= 4 is 5.78 Å². The highest BCUT2D eigenvalue weighted by Crippen LogP contribution is 2.64. The maximum Gasteiger partial charge on any atom is 0.162 e. The van der Waals surface area contributed by atoms with Crippen molar-refractivity contribution in [1.82, 2.24) is 0 Å². The molecular weight excluding hydrogens is 288 g/mol. The molecule has 0 radical (unpaired) electrons. The first kappa shape index (κ1) is 15.8. The van der Waals surface area contributed by atoms with Gasteiger partial charge in [-0.3, -0.25) is 4.79 Å². The zero-order valence-electron chi connectivity index (χ0n) is 14.7. The molecule has 0 amide bonds. The van der Waals surface area contributed by atoms with Crippen LogP contribution in [-0.4, -0.2) is 30.2 Å². The number of Topliss-reactive ketones (excluding diaryl/α,β-unsaturated/α-hetero) is 1. The van der Waals surface area contributed by atoms with E-state index in [4.69, 9.17) is 4.74 Å². The molecule has 128 valence electrons. The summed E-state index contributed by atoms with van der Waals surface area (Å²) in [5.41, 5.74) is 1.77. The highest BCUT2D eigenvalue weighted by molar-refractivity contribution is 5.87. The summed E-state index contributed by atoms with van der Waals surface area (Å²) < 4.78 is 5.62. The Bertz CT molecular complexity index is 553. The molecule has 0 aromatic rings. The number of carbonyl (C=O) groups excluding carboxylic acids is 1. The summed E-state index contributed by atoms with van der Waals surface area (Å²) in [5, 5.41) is 10.0. The minimum atomic E-state index is -0.195. The topological polar surface area (TPSA) is 46.5 Å². The second kappa shape index (κ2) is 5.16. The summed E-state index contributed by atoms with van der Waals surface area (Å²) in [6.07, 6.45) is 9.07. The fraction of sp³-hybridized carbons (Fsp3) is 0.850. The Hall–Kier alpha value is -0.670. The lowest BCUT2D eigenvalue weighted by molar-refractivity contribution is -0.132. The van der Waals surface area contributed by atoms with Crippen LogP contribution in [0.15, 0.2) is 11.6 Å². The predicted octanol–water partition coefficient (Wildman–Crippen LogP) is 3.50. The Morgan fingerprint density at radius 3 is 2.70 bits per heavy atom. The molecule has 1 N–H and O–H groups in total. The van der Waals surface area contributed by atoms with Gasteiger partial charge in [-0.1, -0.05) is 25.5 Å². The summed E-state index contributed by atoms with van der Waals surface area (Å²) >= 11 is 0. The van der Waals surface area contributed by atoms with Gasteiger partial charge in [0.25, 0.3) is 0 Å². The van der Waals surface area contributed by atoms with E-state index in [1.54, 1.807) is 7.11 Å². The average Bonchev–Trinajstić information content (AvgIpc) is 2.77. The molecule has 0 saturated heterocycles. The molecule has 0 aromatic carbocycles. The van der Waals surface area contributed by atoms with Crippen LogP contribution in [0.5, 0.6) is 0 Å². The monoisotopic (exact) mass is 318 g/mol. The van der Waals surface area contributed by atoms with E-state index in [1.165, 1.54) is 12.0 Å². The van der Waals surface area contributed by atoms with Crippen LogP contribution in [0.1, 0.15) is 58.8 Å². The molecule has 7 atom stereocenters. The second-order valence-electron chi connectivity index (χ2n) is 8.99. The van der Waals surface area contributed by atoms with Crippen molar-refractivity contribution in [2.24, 2.45) is 28.6 Å². The molecule has 3 heteroatoms. The third kappa shape index (κ3) is 2.05. The third-order valence-electron chi connectivity index (χ3n) is 8.06. The number of aliphatic hydroxyl groups excluding tert-OH is 1. The third-order valence-corrected chi connectivity index (χ3v) is 8.06. The van der Waals surface area contributed by atoms with Crippen molar-refractivity contribution in [2.45, 2.75) is 71.0 Å². The lowest BCUT2D eigenvalue weighted by Gasteiger charge is -2.57. The van der Waals surface area contributed by atoms with Gasteiger partial charge in [0, 0.05) is 18.9 Å². The van der Waals surface area contributed by atoms with Gasteiger partial charge in [0.15, 0.2) is 5.78 Å². The number of fused-ring (bicyclic) bond motifs is 5. The summed E-state index contributed by atoms with van der Waals surface area (Å²) in [6, 6.07) is 0. The molecule has 0 aliphatic heterocycles. The van der Waals surface area contributed by atoms with Crippen molar-refractivity contribution in [2.75, 3.05) is 7.11 Å². The number of allylic oxidation sites excluding steroid dienone is 1. The molecular formula is C20H30O3. The van der Waals surface area contributed by atoms with E-state index in [-0.39, 0.29) is 23.0 Å². The van der Waals surface area contributed by atoms with Gasteiger partial charge in [-0.2, -0.15) is 0 Å². The predicted molar refractivity (Wildman–Crippen MR) is 88.9 cm³/mol. The minimum absolute atomic E-state index is 0.0306. The van der Waals surface area contributed by atoms with E-state index in [0.29, 0.717) is 30.0 Å². The molecule has 3 nitrogen and oxygen atoms in total. The fourth-order valence-corrected chi connectivity index (χ4v) is 6.79. The molecule has 4 aliphatic carbocycles. The minimum Gasteiger partial charge on any atom is -0.393 e. The number of hydrogen-bond donors (Lipinski definition) is 1. The van der Waals surface area contributed by atoms with Crippen molar-refractivity contribution < 1.29 is 14.6 Å². The Balaban J connectivity index is 1.68. The molecule has 3 fully saturated rings. The molecule has 0 spiro atoms. The van der Waals surface area contributed by atoms with Gasteiger partial charge in [-0.15, -0.1) is 0 Å². The first-order valence-electron chi connectivity index (χ1n) is 9.33. The van der Waals surface area contributed by atoms with Gasteiger partial charge in [0.1, 0.15) is 6.10 Å². The lowest BCUT2D eigenvalue weighted by Crippen LogP contribution is -2.51. The average molecular weight is 318 g/mol. The highest BCUT2D eigenvalue weighted by atomic mass is 16.5. The normalized spacial score (nSPS) is 52.4. The van der Waals surface area contributed by atoms with Gasteiger partial charge >= 0.3 is 0 Å². The summed E-state index contributed by atoms with van der Waals surface area (Å²) in [4.78, 5) is 12.5. The number of methoxy groups -OCH3 is 1. The maximum absolute atomic E-state index is 12.5. The summed E-state index contributed by atoms with van der Waals surface area (Å²) in [5.74, 6) is 2.08. The van der Waals surface area contributed by atoms with Crippen molar-refractivity contribution in [1.29, 1.82) is 0 Å². The lowest BCUT2D eigenvalue weighted by atomic mass is 9.48. The van der Waals surface area contributed by atoms with Crippen LogP contribution in [0.2, 0.25) is 0 Å². The van der Waals surface area contributed by atoms with E-state index in [1.807, 2.05) is 0 Å². The largest absolute Gasteiger partial charge is 0.393 e. The Kier molecular flexibility index (Phi) is 3.55. The Morgan fingerprint density at radius 2 is 1.96 bits per heavy atom. The van der Waals surface area contributed by atoms with E-state index in [2.05, 4.69) is 19.9 Å². The number of ether oxygens (including phenoxy) is 1. The molecule has 0 aromatic heterocycles.